The third-order valence-corrected chi connectivity index (χ3v) is 3.05. The van der Waals surface area contributed by atoms with Crippen LogP contribution in [0, 0.1) is 30.5 Å². The fraction of sp³-hybridized carbons (Fsp3) is 0.0588. The Bertz CT molecular complexity index is 871. The van der Waals surface area contributed by atoms with Gasteiger partial charge in [-0.25, -0.2) is 14.4 Å². The highest BCUT2D eigenvalue weighted by Crippen LogP contribution is 2.13. The van der Waals surface area contributed by atoms with Crippen LogP contribution in [0.2, 0.25) is 0 Å². The van der Waals surface area contributed by atoms with Crippen molar-refractivity contribution in [3.63, 3.8) is 0 Å². The van der Waals surface area contributed by atoms with E-state index in [0.717, 1.165) is 11.5 Å². The van der Waals surface area contributed by atoms with Gasteiger partial charge in [-0.15, -0.1) is 0 Å². The van der Waals surface area contributed by atoms with Gasteiger partial charge in [-0.3, -0.25) is 0 Å². The number of hydrogen-bond acceptors (Lipinski definition) is 2. The zero-order valence-electron chi connectivity index (χ0n) is 11.7. The van der Waals surface area contributed by atoms with Gasteiger partial charge < -0.3 is 4.57 Å². The van der Waals surface area contributed by atoms with Crippen LogP contribution in [-0.2, 0) is 0 Å². The minimum Gasteiger partial charge on any atom is -0.303 e. The maximum absolute atomic E-state index is 13.0. The van der Waals surface area contributed by atoms with Gasteiger partial charge in [0.25, 0.3) is 0 Å². The Morgan fingerprint density at radius 2 is 1.82 bits per heavy atom. The van der Waals surface area contributed by atoms with Crippen molar-refractivity contribution in [3.8, 4) is 17.5 Å². The van der Waals surface area contributed by atoms with Crippen molar-refractivity contribution in [1.29, 1.82) is 0 Å². The quantitative estimate of drug-likeness (QED) is 0.509. The van der Waals surface area contributed by atoms with Crippen molar-refractivity contribution in [3.05, 3.63) is 77.6 Å². The van der Waals surface area contributed by atoms with Gasteiger partial charge in [-0.1, -0.05) is 5.92 Å². The summed E-state index contributed by atoms with van der Waals surface area (Å²) in [6.45, 7) is 1.83. The Hall–Kier alpha value is -3.00. The van der Waals surface area contributed by atoms with E-state index in [1.165, 1.54) is 24.4 Å². The smallest absolute Gasteiger partial charge is 0.214 e. The summed E-state index contributed by atoms with van der Waals surface area (Å²) in [4.78, 5) is 7.81. The molecule has 0 saturated heterocycles. The molecule has 0 N–H and O–H groups in total. The number of hydrogen-bond donors (Lipinski definition) is 0. The summed E-state index contributed by atoms with van der Waals surface area (Å²) in [5, 5.41) is 0. The van der Waals surface area contributed by atoms with Crippen molar-refractivity contribution in [2.45, 2.75) is 6.92 Å². The fourth-order valence-corrected chi connectivity index (χ4v) is 2.01. The van der Waals surface area contributed by atoms with Gasteiger partial charge in [0.2, 0.25) is 5.95 Å². The molecule has 108 valence electrons. The van der Waals surface area contributed by atoms with Crippen LogP contribution in [0.25, 0.3) is 5.69 Å². The lowest BCUT2D eigenvalue weighted by Crippen LogP contribution is -1.94. The predicted molar refractivity (Wildman–Crippen MR) is 78.4 cm³/mol. The normalized spacial score (nSPS) is 10.1. The first-order valence-corrected chi connectivity index (χ1v) is 6.57. The number of rotatable bonds is 1. The van der Waals surface area contributed by atoms with E-state index in [0.29, 0.717) is 11.3 Å². The summed E-state index contributed by atoms with van der Waals surface area (Å²) in [5.74, 6) is 5.59. The molecule has 0 aliphatic rings. The van der Waals surface area contributed by atoms with Crippen LogP contribution in [-0.4, -0.2) is 14.5 Å². The second-order valence-corrected chi connectivity index (χ2v) is 4.64. The number of nitrogens with zero attached hydrogens (tertiary/aromatic N) is 3. The average Bonchev–Trinajstić information content (AvgIpc) is 2.87. The molecule has 0 amide bonds. The molecule has 3 nitrogen and oxygen atoms in total. The van der Waals surface area contributed by atoms with Gasteiger partial charge in [0, 0.05) is 29.7 Å². The lowest BCUT2D eigenvalue weighted by molar-refractivity contribution is 0.583. The molecule has 0 saturated carbocycles. The fourth-order valence-electron chi connectivity index (χ4n) is 2.01. The van der Waals surface area contributed by atoms with Crippen LogP contribution in [0.5, 0.6) is 0 Å². The SMILES string of the molecule is Cc1nc(C#Cc2ccnc(F)c2)cn1-c1ccc(F)cc1. The van der Waals surface area contributed by atoms with E-state index in [4.69, 9.17) is 0 Å². The number of benzene rings is 1. The van der Waals surface area contributed by atoms with E-state index in [1.807, 2.05) is 11.5 Å². The number of pyridine rings is 1. The summed E-state index contributed by atoms with van der Waals surface area (Å²) < 4.78 is 27.8. The maximum Gasteiger partial charge on any atom is 0.214 e. The standard InChI is InChI=1S/C17H11F2N3/c1-12-21-15(5-2-13-8-9-20-17(19)10-13)11-22(12)16-6-3-14(18)4-7-16/h3-4,6-11H,1H3. The van der Waals surface area contributed by atoms with E-state index in [-0.39, 0.29) is 5.82 Å². The second kappa shape index (κ2) is 5.78. The molecule has 3 aromatic rings. The van der Waals surface area contributed by atoms with Crippen molar-refractivity contribution >= 4 is 0 Å². The number of aryl methyl sites for hydroxylation is 1. The molecule has 0 spiro atoms. The van der Waals surface area contributed by atoms with Crippen LogP contribution in [0.3, 0.4) is 0 Å². The largest absolute Gasteiger partial charge is 0.303 e. The summed E-state index contributed by atoms with van der Waals surface area (Å²) in [6, 6.07) is 9.00. The van der Waals surface area contributed by atoms with Crippen molar-refractivity contribution in [2.75, 3.05) is 0 Å². The van der Waals surface area contributed by atoms with E-state index in [1.54, 1.807) is 24.4 Å². The highest BCUT2D eigenvalue weighted by molar-refractivity contribution is 5.41. The number of imidazole rings is 1. The first-order chi connectivity index (χ1) is 10.6. The molecule has 0 fully saturated rings. The minimum absolute atomic E-state index is 0.291. The van der Waals surface area contributed by atoms with E-state index in [9.17, 15) is 8.78 Å². The molecule has 2 heterocycles. The van der Waals surface area contributed by atoms with Gasteiger partial charge >= 0.3 is 0 Å². The Balaban J connectivity index is 1.91. The molecule has 22 heavy (non-hydrogen) atoms. The summed E-state index contributed by atoms with van der Waals surface area (Å²) in [6.07, 6.45) is 3.12. The average molecular weight is 295 g/mol. The Morgan fingerprint density at radius 1 is 1.05 bits per heavy atom. The number of aromatic nitrogens is 3. The molecule has 0 aliphatic carbocycles. The maximum atomic E-state index is 13.0. The molecule has 5 heteroatoms. The molecule has 1 aromatic carbocycles. The molecule has 3 rings (SSSR count). The Labute approximate surface area is 126 Å². The lowest BCUT2D eigenvalue weighted by atomic mass is 10.2. The highest BCUT2D eigenvalue weighted by atomic mass is 19.1. The van der Waals surface area contributed by atoms with Gasteiger partial charge in [-0.05, 0) is 43.2 Å². The van der Waals surface area contributed by atoms with Crippen LogP contribution >= 0.6 is 0 Å². The van der Waals surface area contributed by atoms with E-state index < -0.39 is 5.95 Å². The van der Waals surface area contributed by atoms with Gasteiger partial charge in [-0.2, -0.15) is 4.39 Å². The molecule has 0 unspecified atom stereocenters. The summed E-state index contributed by atoms with van der Waals surface area (Å²) in [7, 11) is 0. The molecule has 0 atom stereocenters. The third-order valence-electron chi connectivity index (χ3n) is 3.05. The first-order valence-electron chi connectivity index (χ1n) is 6.57. The third kappa shape index (κ3) is 3.01. The zero-order chi connectivity index (χ0) is 15.5. The molecule has 2 aromatic heterocycles. The van der Waals surface area contributed by atoms with E-state index in [2.05, 4.69) is 21.8 Å². The van der Waals surface area contributed by atoms with Crippen molar-refractivity contribution in [2.24, 2.45) is 0 Å². The van der Waals surface area contributed by atoms with Crippen molar-refractivity contribution in [1.82, 2.24) is 14.5 Å². The van der Waals surface area contributed by atoms with Gasteiger partial charge in [0.05, 0.1) is 0 Å². The molecule has 0 bridgehead atoms. The molecular weight excluding hydrogens is 284 g/mol. The Morgan fingerprint density at radius 3 is 2.55 bits per heavy atom. The van der Waals surface area contributed by atoms with Crippen LogP contribution in [0.4, 0.5) is 8.78 Å². The highest BCUT2D eigenvalue weighted by Gasteiger charge is 2.04. The molecule has 0 radical (unpaired) electrons. The Kier molecular flexibility index (Phi) is 3.67. The van der Waals surface area contributed by atoms with Gasteiger partial charge in [0.15, 0.2) is 0 Å². The summed E-state index contributed by atoms with van der Waals surface area (Å²) >= 11 is 0. The lowest BCUT2D eigenvalue weighted by Gasteiger charge is -2.03. The monoisotopic (exact) mass is 295 g/mol. The predicted octanol–water partition coefficient (Wildman–Crippen LogP) is 3.25. The number of halogens is 2. The van der Waals surface area contributed by atoms with Gasteiger partial charge in [0.1, 0.15) is 17.3 Å². The first kappa shape index (κ1) is 14.0. The summed E-state index contributed by atoms with van der Waals surface area (Å²) in [5.41, 5.74) is 1.88. The van der Waals surface area contributed by atoms with Crippen LogP contribution in [0.15, 0.2) is 48.8 Å². The van der Waals surface area contributed by atoms with Crippen LogP contribution < -0.4 is 0 Å². The zero-order valence-corrected chi connectivity index (χ0v) is 11.7. The second-order valence-electron chi connectivity index (χ2n) is 4.64. The molecular formula is C17H11F2N3. The van der Waals surface area contributed by atoms with Crippen molar-refractivity contribution < 1.29 is 8.78 Å². The molecule has 0 aliphatic heterocycles. The topological polar surface area (TPSA) is 30.7 Å². The van der Waals surface area contributed by atoms with Crippen LogP contribution in [0.1, 0.15) is 17.1 Å². The van der Waals surface area contributed by atoms with E-state index >= 15 is 0 Å². The minimum atomic E-state index is -0.570.